The van der Waals surface area contributed by atoms with Crippen LogP contribution in [0.15, 0.2) is 164 Å². The molecule has 13 nitrogen and oxygen atoms in total. The minimum atomic E-state index is 0. The van der Waals surface area contributed by atoms with Crippen molar-refractivity contribution in [3.8, 4) is 17.2 Å². The number of hydrogen-bond acceptors (Lipinski definition) is 11. The number of benzene rings is 6. The monoisotopic (exact) mass is 1360 g/mol. The second-order valence-electron chi connectivity index (χ2n) is 20.6. The summed E-state index contributed by atoms with van der Waals surface area (Å²) in [6, 6.07) is 47.4. The van der Waals surface area contributed by atoms with Crippen molar-refractivity contribution in [3.63, 3.8) is 0 Å². The number of amides is 2. The molecule has 2 amide bonds. The van der Waals surface area contributed by atoms with E-state index in [1.807, 2.05) is 107 Å². The normalized spacial score (nSPS) is 18.6. The van der Waals surface area contributed by atoms with Crippen molar-refractivity contribution in [3.05, 3.63) is 187 Å². The molecule has 84 heavy (non-hydrogen) atoms. The van der Waals surface area contributed by atoms with Crippen molar-refractivity contribution >= 4 is 95.3 Å². The average molecular weight is 1360 g/mol. The van der Waals surface area contributed by atoms with Crippen LogP contribution in [0.25, 0.3) is 0 Å². The van der Waals surface area contributed by atoms with E-state index in [4.69, 9.17) is 19.9 Å². The van der Waals surface area contributed by atoms with Crippen LogP contribution in [0.3, 0.4) is 0 Å². The van der Waals surface area contributed by atoms with E-state index in [1.54, 1.807) is 47.3 Å². The highest BCUT2D eigenvalue weighted by Crippen LogP contribution is 2.37. The van der Waals surface area contributed by atoms with Gasteiger partial charge < -0.3 is 35.1 Å². The number of rotatable bonds is 15. The summed E-state index contributed by atoms with van der Waals surface area (Å²) in [5, 5.41) is 3.45. The third-order valence-corrected chi connectivity index (χ3v) is 16.7. The minimum Gasteiger partial charge on any atom is -0.497 e. The number of nitrogens with two attached hydrogens (primary N) is 1. The molecule has 0 radical (unpaired) electrons. The van der Waals surface area contributed by atoms with Crippen LogP contribution in [-0.4, -0.2) is 106 Å². The van der Waals surface area contributed by atoms with Gasteiger partial charge in [-0.3, -0.25) is 19.2 Å². The molecular weight excluding hydrogens is 1280 g/mol. The lowest BCUT2D eigenvalue weighted by atomic mass is 9.77. The molecule has 0 bridgehead atoms. The molecule has 0 aliphatic carbocycles. The number of nitrogens with zero attached hydrogens (tertiary/aromatic N) is 3. The van der Waals surface area contributed by atoms with Crippen molar-refractivity contribution in [2.45, 2.75) is 97.4 Å². The predicted octanol–water partition coefficient (Wildman–Crippen LogP) is 14.4. The van der Waals surface area contributed by atoms with Crippen molar-refractivity contribution in [1.82, 2.24) is 15.1 Å². The van der Waals surface area contributed by atoms with Gasteiger partial charge in [0.15, 0.2) is 0 Å². The summed E-state index contributed by atoms with van der Waals surface area (Å²) in [5.74, 6) is 4.80. The highest BCUT2D eigenvalue weighted by atomic mass is 79.9. The Hall–Kier alpha value is -5.97. The first-order valence-corrected chi connectivity index (χ1v) is 29.7. The van der Waals surface area contributed by atoms with Gasteiger partial charge in [-0.2, -0.15) is 4.99 Å². The SMILES string of the molecule is C.C.COc1ccc(C2CCN(C(C)=O)C[C@H]2CC(=O)Cc2ccc(Br)cc2)cc1.COc1ccc(C2CCN(C(C)=O)C[C@H]2N)cc1.COc1ccc(C2CCNC[C@H]2CC(=O)Cc2ccc(Br)cc2)cc1.Cl.O=C=Nc1ccc(Br)cc1. The van der Waals surface area contributed by atoms with Gasteiger partial charge in [0.25, 0.3) is 0 Å². The Balaban J connectivity index is 0.000000305. The molecule has 0 spiro atoms. The fraction of sp³-hybridized carbons (Fsp3) is 0.388. The van der Waals surface area contributed by atoms with Crippen LogP contribution in [0.1, 0.15) is 106 Å². The number of ketones is 2. The molecule has 3 heterocycles. The van der Waals surface area contributed by atoms with E-state index in [2.05, 4.69) is 94.5 Å². The summed E-state index contributed by atoms with van der Waals surface area (Å²) in [5.41, 5.74) is 12.7. The molecule has 452 valence electrons. The lowest BCUT2D eigenvalue weighted by Crippen LogP contribution is -2.48. The third-order valence-electron chi connectivity index (χ3n) is 15.1. The maximum atomic E-state index is 12.8. The van der Waals surface area contributed by atoms with Gasteiger partial charge in [-0.1, -0.05) is 123 Å². The molecule has 9 rings (SSSR count). The highest BCUT2D eigenvalue weighted by Gasteiger charge is 2.33. The lowest BCUT2D eigenvalue weighted by Gasteiger charge is -2.38. The molecule has 3 saturated heterocycles. The van der Waals surface area contributed by atoms with E-state index in [-0.39, 0.29) is 62.7 Å². The van der Waals surface area contributed by atoms with Crippen molar-refractivity contribution < 1.29 is 38.2 Å². The van der Waals surface area contributed by atoms with Gasteiger partial charge in [0.2, 0.25) is 17.9 Å². The molecule has 0 aromatic heterocycles. The molecule has 0 saturated carbocycles. The molecule has 6 aromatic carbocycles. The van der Waals surface area contributed by atoms with Gasteiger partial charge in [0, 0.05) is 91.1 Å². The fourth-order valence-electron chi connectivity index (χ4n) is 10.7. The van der Waals surface area contributed by atoms with Gasteiger partial charge in [0.1, 0.15) is 28.8 Å². The zero-order valence-corrected chi connectivity index (χ0v) is 52.8. The minimum absolute atomic E-state index is 0. The number of piperidine rings is 3. The molecule has 3 aliphatic rings. The number of aliphatic imine (C=N–C) groups is 1. The Morgan fingerprint density at radius 2 is 0.917 bits per heavy atom. The Morgan fingerprint density at radius 3 is 1.31 bits per heavy atom. The van der Waals surface area contributed by atoms with Gasteiger partial charge in [-0.05, 0) is 169 Å². The fourth-order valence-corrected chi connectivity index (χ4v) is 11.5. The summed E-state index contributed by atoms with van der Waals surface area (Å²) in [6.45, 7) is 7.93. The number of methoxy groups -OCH3 is 3. The summed E-state index contributed by atoms with van der Waals surface area (Å²) in [4.78, 5) is 65.5. The van der Waals surface area contributed by atoms with Crippen LogP contribution in [0, 0.1) is 11.8 Å². The number of carbonyl (C=O) groups is 4. The summed E-state index contributed by atoms with van der Waals surface area (Å²) in [6.07, 6.45) is 6.39. The van der Waals surface area contributed by atoms with Gasteiger partial charge >= 0.3 is 0 Å². The molecule has 17 heteroatoms. The first-order chi connectivity index (χ1) is 39.0. The van der Waals surface area contributed by atoms with Crippen molar-refractivity contribution in [1.29, 1.82) is 0 Å². The van der Waals surface area contributed by atoms with Crippen LogP contribution >= 0.6 is 60.2 Å². The van der Waals surface area contributed by atoms with E-state index < -0.39 is 0 Å². The third kappa shape index (κ3) is 23.1. The first kappa shape index (κ1) is 72.3. The van der Waals surface area contributed by atoms with E-state index in [9.17, 15) is 24.0 Å². The van der Waals surface area contributed by atoms with E-state index in [0.29, 0.717) is 68.0 Å². The number of carbonyl (C=O) groups excluding carboxylic acids is 5. The molecule has 6 aromatic rings. The molecule has 3 aliphatic heterocycles. The van der Waals surface area contributed by atoms with E-state index in [1.165, 1.54) is 22.8 Å². The molecular formula is C67H83Br3ClN5O8. The number of hydrogen-bond donors (Lipinski definition) is 2. The zero-order chi connectivity index (χ0) is 58.3. The van der Waals surface area contributed by atoms with E-state index >= 15 is 0 Å². The topological polar surface area (TPSA) is 170 Å². The van der Waals surface area contributed by atoms with Crippen LogP contribution in [0.2, 0.25) is 0 Å². The number of halogens is 4. The lowest BCUT2D eigenvalue weighted by molar-refractivity contribution is -0.132. The number of nitrogens with one attached hydrogen (secondary N) is 1. The molecule has 3 N–H and O–H groups in total. The summed E-state index contributed by atoms with van der Waals surface area (Å²) >= 11 is 10.1. The zero-order valence-electron chi connectivity index (χ0n) is 47.2. The van der Waals surface area contributed by atoms with Crippen molar-refractivity contribution in [2.24, 2.45) is 22.6 Å². The molecule has 6 atom stereocenters. The first-order valence-electron chi connectivity index (χ1n) is 27.3. The standard InChI is InChI=1S/C23H26BrNO3.C21H24BrNO2.C14H20N2O2.C7H4BrNO.2CH4.ClH/c1-16(26)25-12-11-23(18-5-9-22(28-2)10-6-18)19(15-25)14-21(27)13-17-3-7-20(24)8-4-17;1-25-20-8-4-16(5-9-20)21-10-11-23-14-17(21)13-19(24)12-15-2-6-18(22)7-3-15;1-10(17)16-8-7-13(14(15)9-16)11-3-5-12(18-2)6-4-11;8-6-1-3-7(4-2-6)9-5-10;;;/h3-10,19,23H,11-15H2,1-2H3;2-9,17,21,23H,10-14H2,1H3;3-6,13-14H,7-9,15H2,1-2H3;1-4H;2*1H4;1H/t19-,23?;17-,21?;13?,14-;;;;/m111..../s1. The molecule has 3 fully saturated rings. The maximum Gasteiger partial charge on any atom is 0.240 e. The number of likely N-dealkylation sites (tertiary alicyclic amines) is 2. The summed E-state index contributed by atoms with van der Waals surface area (Å²) in [7, 11) is 5.00. The van der Waals surface area contributed by atoms with Gasteiger partial charge in [-0.25, -0.2) is 4.79 Å². The quantitative estimate of drug-likeness (QED) is 0.0745. The highest BCUT2D eigenvalue weighted by molar-refractivity contribution is 9.11. The Bertz CT molecular complexity index is 2990. The van der Waals surface area contributed by atoms with Crippen LogP contribution < -0.4 is 25.3 Å². The second kappa shape index (κ2) is 37.5. The predicted molar refractivity (Wildman–Crippen MR) is 351 cm³/mol. The summed E-state index contributed by atoms with van der Waals surface area (Å²) < 4.78 is 18.7. The average Bonchev–Trinajstić information content (AvgIpc) is 3.69. The molecule has 3 unspecified atom stereocenters. The van der Waals surface area contributed by atoms with Gasteiger partial charge in [0.05, 0.1) is 27.0 Å². The second-order valence-corrected chi connectivity index (χ2v) is 23.3. The Labute approximate surface area is 529 Å². The van der Waals surface area contributed by atoms with Crippen LogP contribution in [0.5, 0.6) is 17.2 Å². The van der Waals surface area contributed by atoms with Crippen LogP contribution in [0.4, 0.5) is 5.69 Å². The Morgan fingerprint density at radius 1 is 0.548 bits per heavy atom. The number of Topliss-reactive ketones (excluding diaryl/α,β-unsaturated/α-hetero) is 2. The number of isocyanates is 1. The van der Waals surface area contributed by atoms with Gasteiger partial charge in [-0.15, -0.1) is 12.4 Å². The van der Waals surface area contributed by atoms with Crippen molar-refractivity contribution in [2.75, 3.05) is 60.6 Å². The largest absolute Gasteiger partial charge is 0.497 e. The number of ether oxygens (including phenoxy) is 3. The van der Waals surface area contributed by atoms with E-state index in [0.717, 1.165) is 87.2 Å². The Kier molecular flexibility index (Phi) is 32.2. The maximum absolute atomic E-state index is 12.8. The van der Waals surface area contributed by atoms with Crippen LogP contribution in [-0.2, 0) is 36.8 Å². The smallest absolute Gasteiger partial charge is 0.240 e.